The molecule has 178 valence electrons. The van der Waals surface area contributed by atoms with E-state index >= 15 is 4.39 Å². The molecule has 0 saturated carbocycles. The van der Waals surface area contributed by atoms with Gasteiger partial charge in [-0.25, -0.2) is 8.78 Å². The Labute approximate surface area is 197 Å². The van der Waals surface area contributed by atoms with Crippen LogP contribution in [0, 0.1) is 11.6 Å². The number of nitrogens with one attached hydrogen (secondary N) is 1. The number of primary amides is 1. The second kappa shape index (κ2) is 9.15. The highest BCUT2D eigenvalue weighted by Crippen LogP contribution is 2.50. The number of amides is 1. The maximum Gasteiger partial charge on any atom is 0.387 e. The van der Waals surface area contributed by atoms with Gasteiger partial charge in [0.1, 0.15) is 11.6 Å². The van der Waals surface area contributed by atoms with Gasteiger partial charge in [0, 0.05) is 35.7 Å². The molecule has 4 rings (SSSR count). The van der Waals surface area contributed by atoms with Gasteiger partial charge in [-0.1, -0.05) is 41.9 Å². The SMILES string of the molecule is CNC[C@@]1(c2ccccc2)Cc2c(cc(F)c(Cl)c2-c2c(C(N)=O)ccc(OC(F)F)c2F)O1. The number of ether oxygens (including phenoxy) is 2. The Bertz CT molecular complexity index is 1260. The summed E-state index contributed by atoms with van der Waals surface area (Å²) in [6, 6.07) is 12.0. The van der Waals surface area contributed by atoms with Crippen molar-refractivity contribution < 1.29 is 31.8 Å². The van der Waals surface area contributed by atoms with Crippen LogP contribution < -0.4 is 20.5 Å². The van der Waals surface area contributed by atoms with Crippen molar-refractivity contribution in [1.82, 2.24) is 5.32 Å². The lowest BCUT2D eigenvalue weighted by Gasteiger charge is -2.29. The summed E-state index contributed by atoms with van der Waals surface area (Å²) in [7, 11) is 1.71. The van der Waals surface area contributed by atoms with E-state index < -0.39 is 46.1 Å². The minimum absolute atomic E-state index is 0.0750. The number of alkyl halides is 2. The van der Waals surface area contributed by atoms with E-state index in [4.69, 9.17) is 22.1 Å². The van der Waals surface area contributed by atoms with E-state index in [-0.39, 0.29) is 23.3 Å². The highest BCUT2D eigenvalue weighted by Gasteiger charge is 2.43. The number of likely N-dealkylation sites (N-methyl/N-ethyl adjacent to an activating group) is 1. The van der Waals surface area contributed by atoms with Gasteiger partial charge in [0.25, 0.3) is 0 Å². The van der Waals surface area contributed by atoms with E-state index in [1.165, 1.54) is 0 Å². The average molecular weight is 495 g/mol. The lowest BCUT2D eigenvalue weighted by atomic mass is 9.85. The smallest absolute Gasteiger partial charge is 0.387 e. The van der Waals surface area contributed by atoms with Gasteiger partial charge >= 0.3 is 6.61 Å². The molecule has 0 fully saturated rings. The molecule has 1 aliphatic heterocycles. The fourth-order valence-electron chi connectivity index (χ4n) is 4.28. The molecule has 0 radical (unpaired) electrons. The zero-order valence-corrected chi connectivity index (χ0v) is 18.6. The molecule has 0 aliphatic carbocycles. The number of fused-ring (bicyclic) bond motifs is 1. The van der Waals surface area contributed by atoms with Crippen LogP contribution in [0.15, 0.2) is 48.5 Å². The van der Waals surface area contributed by atoms with E-state index in [1.54, 1.807) is 7.05 Å². The lowest BCUT2D eigenvalue weighted by molar-refractivity contribution is -0.0521. The first-order valence-electron chi connectivity index (χ1n) is 10.2. The zero-order valence-electron chi connectivity index (χ0n) is 17.8. The van der Waals surface area contributed by atoms with E-state index in [0.29, 0.717) is 12.1 Å². The molecular formula is C24H19ClF4N2O3. The third kappa shape index (κ3) is 4.05. The number of nitrogens with two attached hydrogens (primary N) is 1. The fourth-order valence-corrected chi connectivity index (χ4v) is 4.55. The molecular weight excluding hydrogens is 476 g/mol. The average Bonchev–Trinajstić information content (AvgIpc) is 3.15. The van der Waals surface area contributed by atoms with Crippen molar-refractivity contribution in [2.45, 2.75) is 18.6 Å². The first-order valence-corrected chi connectivity index (χ1v) is 10.5. The van der Waals surface area contributed by atoms with Crippen molar-refractivity contribution in [2.75, 3.05) is 13.6 Å². The van der Waals surface area contributed by atoms with Gasteiger partial charge in [0.15, 0.2) is 17.2 Å². The Hall–Kier alpha value is -3.30. The van der Waals surface area contributed by atoms with Crippen LogP contribution in [0.3, 0.4) is 0 Å². The topological polar surface area (TPSA) is 73.6 Å². The van der Waals surface area contributed by atoms with Crippen molar-refractivity contribution in [1.29, 1.82) is 0 Å². The molecule has 1 atom stereocenters. The van der Waals surface area contributed by atoms with E-state index in [9.17, 15) is 18.0 Å². The molecule has 5 nitrogen and oxygen atoms in total. The van der Waals surface area contributed by atoms with Gasteiger partial charge in [-0.05, 0) is 24.7 Å². The Morgan fingerprint density at radius 1 is 1.21 bits per heavy atom. The number of halogens is 5. The molecule has 34 heavy (non-hydrogen) atoms. The lowest BCUT2D eigenvalue weighted by Crippen LogP contribution is -2.41. The quantitative estimate of drug-likeness (QED) is 0.452. The molecule has 1 aliphatic rings. The molecule has 1 amide bonds. The predicted octanol–water partition coefficient (Wildman–Crippen LogP) is 5.04. The van der Waals surface area contributed by atoms with E-state index in [1.807, 2.05) is 30.3 Å². The number of carbonyl (C=O) groups is 1. The number of carbonyl (C=O) groups excluding carboxylic acids is 1. The Kier molecular flexibility index (Phi) is 6.42. The minimum atomic E-state index is -3.33. The van der Waals surface area contributed by atoms with Crippen LogP contribution in [-0.2, 0) is 12.0 Å². The molecule has 3 N–H and O–H groups in total. The second-order valence-corrected chi connectivity index (χ2v) is 8.11. The van der Waals surface area contributed by atoms with Crippen molar-refractivity contribution in [3.05, 3.63) is 81.9 Å². The number of hydrogen-bond acceptors (Lipinski definition) is 4. The van der Waals surface area contributed by atoms with Crippen LogP contribution in [0.25, 0.3) is 11.1 Å². The predicted molar refractivity (Wildman–Crippen MR) is 118 cm³/mol. The number of rotatable bonds is 7. The van der Waals surface area contributed by atoms with Crippen molar-refractivity contribution in [3.8, 4) is 22.6 Å². The third-order valence-electron chi connectivity index (χ3n) is 5.65. The molecule has 0 aromatic heterocycles. The summed E-state index contributed by atoms with van der Waals surface area (Å²) >= 11 is 6.28. The summed E-state index contributed by atoms with van der Waals surface area (Å²) in [5.41, 5.74) is 4.34. The molecule has 10 heteroatoms. The molecule has 1 heterocycles. The van der Waals surface area contributed by atoms with E-state index in [0.717, 1.165) is 23.8 Å². The normalized spacial score (nSPS) is 16.9. The van der Waals surface area contributed by atoms with Gasteiger partial charge in [-0.15, -0.1) is 0 Å². The number of benzene rings is 3. The Morgan fingerprint density at radius 3 is 2.53 bits per heavy atom. The maximum atomic E-state index is 15.5. The zero-order chi connectivity index (χ0) is 24.6. The molecule has 0 bridgehead atoms. The van der Waals surface area contributed by atoms with Crippen LogP contribution in [0.4, 0.5) is 17.6 Å². The summed E-state index contributed by atoms with van der Waals surface area (Å²) < 4.78 is 66.5. The van der Waals surface area contributed by atoms with Gasteiger partial charge in [0.2, 0.25) is 5.91 Å². The number of hydrogen-bond donors (Lipinski definition) is 2. The standard InChI is InChI=1S/C24H19ClF4N2O3/c1-31-11-24(12-5-3-2-4-6-12)10-14-17(34-24)9-15(26)20(25)18(14)19-13(22(30)32)7-8-16(21(19)27)33-23(28)29/h2-9,23,31H,10-11H2,1H3,(H2,30,32)/t24-/m1/s1. The van der Waals surface area contributed by atoms with E-state index in [2.05, 4.69) is 10.1 Å². The molecule has 0 unspecified atom stereocenters. The summed E-state index contributed by atoms with van der Waals surface area (Å²) in [5.74, 6) is -4.09. The monoisotopic (exact) mass is 494 g/mol. The highest BCUT2D eigenvalue weighted by molar-refractivity contribution is 6.34. The van der Waals surface area contributed by atoms with Gasteiger partial charge in [-0.3, -0.25) is 4.79 Å². The molecule has 3 aromatic carbocycles. The van der Waals surface area contributed by atoms with Crippen LogP contribution in [-0.4, -0.2) is 26.1 Å². The third-order valence-corrected chi connectivity index (χ3v) is 6.02. The van der Waals surface area contributed by atoms with Crippen molar-refractivity contribution >= 4 is 17.5 Å². The molecule has 0 spiro atoms. The molecule has 3 aromatic rings. The van der Waals surface area contributed by atoms with Crippen LogP contribution in [0.2, 0.25) is 5.02 Å². The van der Waals surface area contributed by atoms with Gasteiger partial charge in [-0.2, -0.15) is 8.78 Å². The Morgan fingerprint density at radius 2 is 1.91 bits per heavy atom. The second-order valence-electron chi connectivity index (χ2n) is 7.74. The maximum absolute atomic E-state index is 15.5. The van der Waals surface area contributed by atoms with Crippen molar-refractivity contribution in [3.63, 3.8) is 0 Å². The minimum Gasteiger partial charge on any atom is -0.480 e. The van der Waals surface area contributed by atoms with Crippen LogP contribution in [0.5, 0.6) is 11.5 Å². The Balaban J connectivity index is 1.99. The van der Waals surface area contributed by atoms with Gasteiger partial charge in [0.05, 0.1) is 10.6 Å². The van der Waals surface area contributed by atoms with Gasteiger partial charge < -0.3 is 20.5 Å². The fraction of sp³-hybridized carbons (Fsp3) is 0.208. The summed E-state index contributed by atoms with van der Waals surface area (Å²) in [6.07, 6.45) is 0.111. The summed E-state index contributed by atoms with van der Waals surface area (Å²) in [4.78, 5) is 12.1. The van der Waals surface area contributed by atoms with Crippen molar-refractivity contribution in [2.24, 2.45) is 5.73 Å². The first-order chi connectivity index (χ1) is 16.2. The molecule has 0 saturated heterocycles. The van der Waals surface area contributed by atoms with Crippen LogP contribution >= 0.6 is 11.6 Å². The summed E-state index contributed by atoms with van der Waals surface area (Å²) in [5, 5.41) is 2.53. The van der Waals surface area contributed by atoms with Crippen LogP contribution in [0.1, 0.15) is 21.5 Å². The summed E-state index contributed by atoms with van der Waals surface area (Å²) in [6.45, 7) is -3.04. The first kappa shape index (κ1) is 23.8. The highest BCUT2D eigenvalue weighted by atomic mass is 35.5. The largest absolute Gasteiger partial charge is 0.480 e.